The molecule has 204 valence electrons. The van der Waals surface area contributed by atoms with Gasteiger partial charge < -0.3 is 15.1 Å². The average Bonchev–Trinajstić information content (AvgIpc) is 3.67. The standard InChI is InChI=1S/C26H22ClFN8O4/c1-40-26(38)31-19-5-2-16(3-6-19)18-12-30-34(13-18)21(10-11-37)22-8-4-17(14-36(22)39)24-23(35-15-29-32-33-35)9-7-20(27)25(24)28/h2-9,12-15,21,37H,10-11H2,1H3,(H,31,38)/t21-/m0/s1. The number of aromatic nitrogens is 7. The zero-order chi connectivity index (χ0) is 28.2. The molecule has 0 bridgehead atoms. The molecule has 1 atom stereocenters. The molecule has 1 amide bonds. The number of ether oxygens (including phenoxy) is 1. The number of aliphatic hydroxyl groups excluding tert-OH is 1. The van der Waals surface area contributed by atoms with E-state index < -0.39 is 18.0 Å². The number of carbonyl (C=O) groups is 1. The van der Waals surface area contributed by atoms with Crippen molar-refractivity contribution in [1.82, 2.24) is 30.0 Å². The number of nitrogens with zero attached hydrogens (tertiary/aromatic N) is 7. The third-order valence-electron chi connectivity index (χ3n) is 6.22. The summed E-state index contributed by atoms with van der Waals surface area (Å²) in [4.78, 5) is 11.4. The Hall–Kier alpha value is -4.88. The monoisotopic (exact) mass is 564 g/mol. The molecule has 0 spiro atoms. The molecule has 3 aromatic heterocycles. The molecular weight excluding hydrogens is 543 g/mol. The molecule has 3 heterocycles. The number of pyridine rings is 1. The quantitative estimate of drug-likeness (QED) is 0.214. The zero-order valence-electron chi connectivity index (χ0n) is 21.0. The van der Waals surface area contributed by atoms with Crippen molar-refractivity contribution in [3.8, 4) is 27.9 Å². The van der Waals surface area contributed by atoms with E-state index in [1.165, 1.54) is 30.4 Å². The van der Waals surface area contributed by atoms with Crippen LogP contribution in [-0.2, 0) is 4.74 Å². The number of aliphatic hydroxyl groups is 1. The van der Waals surface area contributed by atoms with E-state index in [0.29, 0.717) is 16.1 Å². The first kappa shape index (κ1) is 26.7. The first-order valence-electron chi connectivity index (χ1n) is 11.9. The lowest BCUT2D eigenvalue weighted by atomic mass is 10.0. The molecule has 5 rings (SSSR count). The van der Waals surface area contributed by atoms with Crippen LogP contribution < -0.4 is 10.0 Å². The third-order valence-corrected chi connectivity index (χ3v) is 6.51. The van der Waals surface area contributed by atoms with Crippen molar-refractivity contribution in [3.05, 3.63) is 95.2 Å². The number of halogens is 2. The maximum absolute atomic E-state index is 15.2. The Bertz CT molecular complexity index is 1640. The van der Waals surface area contributed by atoms with Crippen LogP contribution in [0, 0.1) is 11.0 Å². The molecular formula is C26H22ClFN8O4. The fourth-order valence-corrected chi connectivity index (χ4v) is 4.44. The molecule has 2 N–H and O–H groups in total. The lowest BCUT2D eigenvalue weighted by Crippen LogP contribution is -2.35. The van der Waals surface area contributed by atoms with Gasteiger partial charge in [-0.2, -0.15) is 14.5 Å². The summed E-state index contributed by atoms with van der Waals surface area (Å²) in [7, 11) is 1.28. The van der Waals surface area contributed by atoms with Crippen LogP contribution in [0.15, 0.2) is 73.4 Å². The van der Waals surface area contributed by atoms with E-state index in [9.17, 15) is 15.1 Å². The van der Waals surface area contributed by atoms with E-state index in [1.54, 1.807) is 59.5 Å². The van der Waals surface area contributed by atoms with E-state index >= 15 is 4.39 Å². The Kier molecular flexibility index (Phi) is 7.66. The Morgan fingerprint density at radius 1 is 1.18 bits per heavy atom. The summed E-state index contributed by atoms with van der Waals surface area (Å²) < 4.78 is 23.3. The summed E-state index contributed by atoms with van der Waals surface area (Å²) in [6, 6.07) is 12.5. The topological polar surface area (TPSA) is 147 Å². The fraction of sp³-hybridized carbons (Fsp3) is 0.154. The van der Waals surface area contributed by atoms with E-state index in [1.807, 2.05) is 0 Å². The lowest BCUT2D eigenvalue weighted by Gasteiger charge is -2.17. The van der Waals surface area contributed by atoms with Gasteiger partial charge >= 0.3 is 6.09 Å². The highest BCUT2D eigenvalue weighted by Gasteiger charge is 2.25. The number of methoxy groups -OCH3 is 1. The van der Waals surface area contributed by atoms with E-state index in [0.717, 1.165) is 11.1 Å². The van der Waals surface area contributed by atoms with Gasteiger partial charge in [-0.25, -0.2) is 9.18 Å². The minimum atomic E-state index is -0.723. The van der Waals surface area contributed by atoms with Crippen LogP contribution in [-0.4, -0.2) is 54.9 Å². The van der Waals surface area contributed by atoms with Gasteiger partial charge in [-0.3, -0.25) is 10.00 Å². The van der Waals surface area contributed by atoms with Crippen LogP contribution in [0.5, 0.6) is 0 Å². The van der Waals surface area contributed by atoms with Gasteiger partial charge in [-0.1, -0.05) is 23.7 Å². The predicted molar refractivity (Wildman–Crippen MR) is 142 cm³/mol. The molecule has 0 aliphatic carbocycles. The third kappa shape index (κ3) is 5.32. The second-order valence-electron chi connectivity index (χ2n) is 8.61. The molecule has 0 radical (unpaired) electrons. The molecule has 0 unspecified atom stereocenters. The van der Waals surface area contributed by atoms with Crippen molar-refractivity contribution in [2.45, 2.75) is 12.5 Å². The Balaban J connectivity index is 1.47. The van der Waals surface area contributed by atoms with Crippen molar-refractivity contribution in [2.75, 3.05) is 19.0 Å². The number of hydrogen-bond acceptors (Lipinski definition) is 8. The van der Waals surface area contributed by atoms with Gasteiger partial charge in [0.05, 0.1) is 35.1 Å². The lowest BCUT2D eigenvalue weighted by molar-refractivity contribution is -0.615. The first-order valence-corrected chi connectivity index (χ1v) is 12.3. The molecule has 0 fully saturated rings. The number of rotatable bonds is 8. The molecule has 5 aromatic rings. The van der Waals surface area contributed by atoms with Crippen LogP contribution in [0.2, 0.25) is 5.02 Å². The summed E-state index contributed by atoms with van der Waals surface area (Å²) in [5.74, 6) is -0.723. The number of anilines is 1. The van der Waals surface area contributed by atoms with Crippen LogP contribution >= 0.6 is 11.6 Å². The van der Waals surface area contributed by atoms with Crippen molar-refractivity contribution in [1.29, 1.82) is 0 Å². The normalized spacial score (nSPS) is 11.8. The van der Waals surface area contributed by atoms with Gasteiger partial charge in [0.2, 0.25) is 5.69 Å². The summed E-state index contributed by atoms with van der Waals surface area (Å²) >= 11 is 6.05. The highest BCUT2D eigenvalue weighted by atomic mass is 35.5. The van der Waals surface area contributed by atoms with Crippen LogP contribution in [0.3, 0.4) is 0 Å². The summed E-state index contributed by atoms with van der Waals surface area (Å²) in [5.41, 5.74) is 3.05. The van der Waals surface area contributed by atoms with E-state index in [-0.39, 0.29) is 34.9 Å². The van der Waals surface area contributed by atoms with Crippen molar-refractivity contribution < 1.29 is 23.8 Å². The second-order valence-corrected chi connectivity index (χ2v) is 9.02. The smallest absolute Gasteiger partial charge is 0.411 e. The predicted octanol–water partition coefficient (Wildman–Crippen LogP) is 3.77. The van der Waals surface area contributed by atoms with E-state index in [4.69, 9.17) is 11.6 Å². The largest absolute Gasteiger partial charge is 0.618 e. The summed E-state index contributed by atoms with van der Waals surface area (Å²) in [6.07, 6.45) is 5.56. The maximum atomic E-state index is 15.2. The van der Waals surface area contributed by atoms with Crippen LogP contribution in [0.25, 0.3) is 27.9 Å². The van der Waals surface area contributed by atoms with Gasteiger partial charge in [-0.05, 0) is 46.3 Å². The molecule has 40 heavy (non-hydrogen) atoms. The summed E-state index contributed by atoms with van der Waals surface area (Å²) in [6.45, 7) is -0.206. The van der Waals surface area contributed by atoms with Gasteiger partial charge in [0.1, 0.15) is 12.4 Å². The molecule has 14 heteroatoms. The van der Waals surface area contributed by atoms with Gasteiger partial charge in [0.25, 0.3) is 0 Å². The number of tetrazole rings is 1. The SMILES string of the molecule is COC(=O)Nc1ccc(-c2cnn([C@@H](CCO)c3ccc(-c4c(-n5cnnn5)ccc(Cl)c4F)c[n+]3[O-])c2)cc1. The van der Waals surface area contributed by atoms with Crippen LogP contribution in [0.1, 0.15) is 18.2 Å². The maximum Gasteiger partial charge on any atom is 0.411 e. The molecule has 0 aliphatic rings. The van der Waals surface area contributed by atoms with Gasteiger partial charge in [0, 0.05) is 36.5 Å². The minimum absolute atomic E-state index is 0.0566. The van der Waals surface area contributed by atoms with Crippen molar-refractivity contribution in [3.63, 3.8) is 0 Å². The highest BCUT2D eigenvalue weighted by Crippen LogP contribution is 2.33. The molecule has 0 saturated heterocycles. The molecule has 0 saturated carbocycles. The van der Waals surface area contributed by atoms with Crippen LogP contribution in [0.4, 0.5) is 14.9 Å². The van der Waals surface area contributed by atoms with Gasteiger partial charge in [-0.15, -0.1) is 5.10 Å². The fourth-order valence-electron chi connectivity index (χ4n) is 4.29. The number of benzene rings is 2. The number of amides is 1. The highest BCUT2D eigenvalue weighted by molar-refractivity contribution is 6.31. The molecule has 2 aromatic carbocycles. The van der Waals surface area contributed by atoms with Crippen molar-refractivity contribution >= 4 is 23.4 Å². The Morgan fingerprint density at radius 3 is 2.62 bits per heavy atom. The zero-order valence-corrected chi connectivity index (χ0v) is 21.7. The summed E-state index contributed by atoms with van der Waals surface area (Å²) in [5, 5.41) is 40.9. The Morgan fingerprint density at radius 2 is 1.95 bits per heavy atom. The number of hydrogen-bond donors (Lipinski definition) is 2. The van der Waals surface area contributed by atoms with E-state index in [2.05, 4.69) is 30.7 Å². The number of carbonyl (C=O) groups excluding carboxylic acids is 1. The Labute approximate surface area is 231 Å². The number of nitrogens with one attached hydrogen (secondary N) is 1. The second kappa shape index (κ2) is 11.5. The molecule has 12 nitrogen and oxygen atoms in total. The first-order chi connectivity index (χ1) is 19.4. The van der Waals surface area contributed by atoms with Crippen molar-refractivity contribution in [2.24, 2.45) is 0 Å². The molecule has 0 aliphatic heterocycles. The average molecular weight is 565 g/mol. The minimum Gasteiger partial charge on any atom is -0.618 e. The van der Waals surface area contributed by atoms with Gasteiger partial charge in [0.15, 0.2) is 12.0 Å².